The summed E-state index contributed by atoms with van der Waals surface area (Å²) in [5.41, 5.74) is 0.388. The Morgan fingerprint density at radius 2 is 1.28 bits per heavy atom. The van der Waals surface area contributed by atoms with Crippen molar-refractivity contribution in [1.82, 2.24) is 0 Å². The fourth-order valence-corrected chi connectivity index (χ4v) is 2.24. The van der Waals surface area contributed by atoms with Gasteiger partial charge in [0.1, 0.15) is 0 Å². The summed E-state index contributed by atoms with van der Waals surface area (Å²) in [4.78, 5) is 11.4. The lowest BCUT2D eigenvalue weighted by atomic mass is 9.97. The number of hydrogen-bond acceptors (Lipinski definition) is 1. The fraction of sp³-hybridized carbons (Fsp3) is 0. The van der Waals surface area contributed by atoms with Crippen LogP contribution in [0.1, 0.15) is 10.4 Å². The first-order valence-corrected chi connectivity index (χ1v) is 5.41. The molecular formula is C15H12O3. The van der Waals surface area contributed by atoms with Crippen LogP contribution in [0, 0.1) is 0 Å². The topological polar surface area (TPSA) is 68.8 Å². The van der Waals surface area contributed by atoms with Crippen LogP contribution < -0.4 is 0 Å². The Hall–Kier alpha value is -2.39. The number of carbonyl (C=O) groups is 1. The van der Waals surface area contributed by atoms with E-state index in [1.54, 1.807) is 0 Å². The molecule has 3 nitrogen and oxygen atoms in total. The molecular weight excluding hydrogens is 228 g/mol. The van der Waals surface area contributed by atoms with E-state index in [1.165, 1.54) is 0 Å². The molecule has 0 saturated heterocycles. The first-order valence-electron chi connectivity index (χ1n) is 5.41. The molecule has 0 saturated carbocycles. The van der Waals surface area contributed by atoms with Gasteiger partial charge in [0.25, 0.3) is 0 Å². The van der Waals surface area contributed by atoms with Crippen molar-refractivity contribution in [3.05, 3.63) is 60.2 Å². The first kappa shape index (κ1) is 12.1. The molecule has 18 heavy (non-hydrogen) atoms. The molecule has 3 aromatic rings. The van der Waals surface area contributed by atoms with Gasteiger partial charge in [0.15, 0.2) is 0 Å². The minimum Gasteiger partial charge on any atom is -0.478 e. The fourth-order valence-electron chi connectivity index (χ4n) is 2.24. The average molecular weight is 240 g/mol. The van der Waals surface area contributed by atoms with Crippen molar-refractivity contribution < 1.29 is 15.4 Å². The highest BCUT2D eigenvalue weighted by atomic mass is 16.4. The average Bonchev–Trinajstić information content (AvgIpc) is 2.35. The summed E-state index contributed by atoms with van der Waals surface area (Å²) >= 11 is 0. The van der Waals surface area contributed by atoms with E-state index in [2.05, 4.69) is 0 Å². The van der Waals surface area contributed by atoms with E-state index in [0.29, 0.717) is 5.56 Å². The lowest BCUT2D eigenvalue weighted by molar-refractivity contribution is 0.0701. The molecule has 3 aromatic carbocycles. The Bertz CT molecular complexity index is 678. The Kier molecular flexibility index (Phi) is 3.00. The molecule has 0 atom stereocenters. The Morgan fingerprint density at radius 3 is 1.72 bits per heavy atom. The molecule has 0 bridgehead atoms. The van der Waals surface area contributed by atoms with Crippen molar-refractivity contribution in [3.63, 3.8) is 0 Å². The third-order valence-corrected chi connectivity index (χ3v) is 2.99. The summed E-state index contributed by atoms with van der Waals surface area (Å²) in [6.45, 7) is 0. The van der Waals surface area contributed by atoms with Crippen molar-refractivity contribution >= 4 is 27.5 Å². The monoisotopic (exact) mass is 240 g/mol. The summed E-state index contributed by atoms with van der Waals surface area (Å²) in [5, 5.41) is 12.9. The lowest BCUT2D eigenvalue weighted by Gasteiger charge is -2.07. The van der Waals surface area contributed by atoms with Crippen molar-refractivity contribution in [2.45, 2.75) is 0 Å². The summed E-state index contributed by atoms with van der Waals surface area (Å²) in [6.07, 6.45) is 0. The molecule has 0 spiro atoms. The Labute approximate surface area is 104 Å². The van der Waals surface area contributed by atoms with Crippen molar-refractivity contribution in [1.29, 1.82) is 0 Å². The van der Waals surface area contributed by atoms with Crippen LogP contribution in [0.5, 0.6) is 0 Å². The predicted octanol–water partition coefficient (Wildman–Crippen LogP) is 2.87. The number of fused-ring (bicyclic) bond motifs is 2. The molecule has 0 aliphatic rings. The van der Waals surface area contributed by atoms with Crippen LogP contribution in [0.2, 0.25) is 0 Å². The Morgan fingerprint density at radius 1 is 0.833 bits per heavy atom. The number of aromatic carboxylic acids is 1. The highest BCUT2D eigenvalue weighted by molar-refractivity contribution is 6.15. The van der Waals surface area contributed by atoms with Crippen LogP contribution in [0.25, 0.3) is 21.5 Å². The maximum atomic E-state index is 11.4. The molecule has 90 valence electrons. The summed E-state index contributed by atoms with van der Waals surface area (Å²) in [6, 6.07) is 17.2. The maximum absolute atomic E-state index is 11.4. The van der Waals surface area contributed by atoms with Gasteiger partial charge in [-0.25, -0.2) is 4.79 Å². The molecule has 0 radical (unpaired) electrons. The van der Waals surface area contributed by atoms with E-state index in [0.717, 1.165) is 21.5 Å². The second-order valence-electron chi connectivity index (χ2n) is 4.00. The third-order valence-electron chi connectivity index (χ3n) is 2.99. The van der Waals surface area contributed by atoms with E-state index >= 15 is 0 Å². The van der Waals surface area contributed by atoms with Crippen LogP contribution in [0.4, 0.5) is 0 Å². The van der Waals surface area contributed by atoms with Crippen LogP contribution in [0.15, 0.2) is 54.6 Å². The zero-order valence-corrected chi connectivity index (χ0v) is 9.55. The number of hydrogen-bond donors (Lipinski definition) is 1. The summed E-state index contributed by atoms with van der Waals surface area (Å²) in [7, 11) is 0. The minimum atomic E-state index is -0.877. The molecule has 3 heteroatoms. The van der Waals surface area contributed by atoms with Crippen molar-refractivity contribution in [2.75, 3.05) is 0 Å². The van der Waals surface area contributed by atoms with Gasteiger partial charge in [-0.3, -0.25) is 0 Å². The van der Waals surface area contributed by atoms with Crippen LogP contribution >= 0.6 is 0 Å². The summed E-state index contributed by atoms with van der Waals surface area (Å²) < 4.78 is 0. The standard InChI is InChI=1S/C15H10O2.H2O/c16-15(17)14-12-7-3-1-5-10(12)9-11-6-2-4-8-13(11)14;/h1-9H,(H,16,17);1H2. The van der Waals surface area contributed by atoms with Gasteiger partial charge < -0.3 is 10.6 Å². The Balaban J connectivity index is 0.00000120. The van der Waals surface area contributed by atoms with E-state index in [-0.39, 0.29) is 5.48 Å². The van der Waals surface area contributed by atoms with Gasteiger partial charge in [0, 0.05) is 0 Å². The van der Waals surface area contributed by atoms with Crippen LogP contribution in [0.3, 0.4) is 0 Å². The highest BCUT2D eigenvalue weighted by Crippen LogP contribution is 2.28. The van der Waals surface area contributed by atoms with Gasteiger partial charge in [-0.1, -0.05) is 48.5 Å². The predicted molar refractivity (Wildman–Crippen MR) is 72.0 cm³/mol. The smallest absolute Gasteiger partial charge is 0.336 e. The second-order valence-corrected chi connectivity index (χ2v) is 4.00. The van der Waals surface area contributed by atoms with E-state index < -0.39 is 5.97 Å². The van der Waals surface area contributed by atoms with Gasteiger partial charge in [0.05, 0.1) is 5.56 Å². The number of carboxylic acids is 1. The number of rotatable bonds is 1. The second kappa shape index (κ2) is 4.47. The molecule has 0 aliphatic carbocycles. The molecule has 0 unspecified atom stereocenters. The van der Waals surface area contributed by atoms with Crippen LogP contribution in [-0.4, -0.2) is 16.6 Å². The molecule has 3 rings (SSSR count). The minimum absolute atomic E-state index is 0. The molecule has 0 amide bonds. The van der Waals surface area contributed by atoms with Gasteiger partial charge in [-0.2, -0.15) is 0 Å². The van der Waals surface area contributed by atoms with Crippen molar-refractivity contribution in [2.24, 2.45) is 0 Å². The quantitative estimate of drug-likeness (QED) is 0.664. The zero-order chi connectivity index (χ0) is 11.8. The van der Waals surface area contributed by atoms with E-state index in [9.17, 15) is 9.90 Å². The van der Waals surface area contributed by atoms with E-state index in [1.807, 2.05) is 54.6 Å². The SMILES string of the molecule is O.O=C(O)c1c2ccccc2cc2ccccc12. The van der Waals surface area contributed by atoms with Crippen LogP contribution in [-0.2, 0) is 0 Å². The van der Waals surface area contributed by atoms with Gasteiger partial charge >= 0.3 is 5.97 Å². The van der Waals surface area contributed by atoms with Gasteiger partial charge in [-0.05, 0) is 27.6 Å². The molecule has 3 N–H and O–H groups in total. The van der Waals surface area contributed by atoms with Crippen molar-refractivity contribution in [3.8, 4) is 0 Å². The molecule has 0 aliphatic heterocycles. The number of benzene rings is 3. The first-order chi connectivity index (χ1) is 8.27. The lowest BCUT2D eigenvalue weighted by Crippen LogP contribution is -1.99. The molecule has 0 fully saturated rings. The molecule has 0 heterocycles. The third kappa shape index (κ3) is 1.71. The van der Waals surface area contributed by atoms with Gasteiger partial charge in [-0.15, -0.1) is 0 Å². The van der Waals surface area contributed by atoms with Gasteiger partial charge in [0.2, 0.25) is 0 Å². The summed E-state index contributed by atoms with van der Waals surface area (Å²) in [5.74, 6) is -0.877. The van der Waals surface area contributed by atoms with E-state index in [4.69, 9.17) is 0 Å². The maximum Gasteiger partial charge on any atom is 0.336 e. The molecule has 0 aromatic heterocycles. The normalized spacial score (nSPS) is 10.2. The highest BCUT2D eigenvalue weighted by Gasteiger charge is 2.12. The zero-order valence-electron chi connectivity index (χ0n) is 9.55. The number of carboxylic acid groups (broad SMARTS) is 1. The largest absolute Gasteiger partial charge is 0.478 e.